The molecule has 19 heavy (non-hydrogen) atoms. The molecule has 0 radical (unpaired) electrons. The average molecular weight is 280 g/mol. The van der Waals surface area contributed by atoms with E-state index in [1.54, 1.807) is 0 Å². The Morgan fingerprint density at radius 2 is 2.00 bits per heavy atom. The van der Waals surface area contributed by atoms with Gasteiger partial charge in [-0.1, -0.05) is 30.3 Å². The monoisotopic (exact) mass is 280 g/mol. The Morgan fingerprint density at radius 1 is 1.26 bits per heavy atom. The molecule has 1 saturated heterocycles. The van der Waals surface area contributed by atoms with E-state index in [9.17, 15) is 8.42 Å². The summed E-state index contributed by atoms with van der Waals surface area (Å²) >= 11 is 0. The minimum Gasteiger partial charge on any atom is -0.271 e. The van der Waals surface area contributed by atoms with Crippen LogP contribution in [0, 0.1) is 11.8 Å². The zero-order chi connectivity index (χ0) is 13.5. The lowest BCUT2D eigenvalue weighted by molar-refractivity contribution is 0.346. The van der Waals surface area contributed by atoms with Crippen LogP contribution in [0.25, 0.3) is 0 Å². The van der Waals surface area contributed by atoms with Crippen molar-refractivity contribution in [2.24, 2.45) is 17.7 Å². The molecule has 104 valence electrons. The lowest BCUT2D eigenvalue weighted by Crippen LogP contribution is -2.43. The average Bonchev–Trinajstić information content (AvgIpc) is 3.10. The smallest absolute Gasteiger partial charge is 0.150 e. The van der Waals surface area contributed by atoms with Crippen LogP contribution in [0.3, 0.4) is 0 Å². The van der Waals surface area contributed by atoms with Crippen molar-refractivity contribution in [3.05, 3.63) is 35.9 Å². The number of nitrogens with two attached hydrogens (primary N) is 1. The van der Waals surface area contributed by atoms with Gasteiger partial charge in [-0.3, -0.25) is 11.3 Å². The zero-order valence-corrected chi connectivity index (χ0v) is 11.6. The van der Waals surface area contributed by atoms with Gasteiger partial charge in [-0.15, -0.1) is 0 Å². The molecule has 2 fully saturated rings. The van der Waals surface area contributed by atoms with Crippen molar-refractivity contribution < 1.29 is 8.42 Å². The molecule has 3 N–H and O–H groups in total. The van der Waals surface area contributed by atoms with Crippen LogP contribution in [-0.4, -0.2) is 26.0 Å². The fourth-order valence-corrected chi connectivity index (χ4v) is 5.27. The fraction of sp³-hybridized carbons (Fsp3) is 0.571. The first-order valence-electron chi connectivity index (χ1n) is 6.82. The molecule has 4 nitrogen and oxygen atoms in total. The number of nitrogens with one attached hydrogen (secondary N) is 1. The first-order chi connectivity index (χ1) is 9.11. The van der Waals surface area contributed by atoms with E-state index in [0.717, 1.165) is 12.8 Å². The molecule has 4 atom stereocenters. The van der Waals surface area contributed by atoms with Gasteiger partial charge in [-0.05, 0) is 36.2 Å². The second-order valence-corrected chi connectivity index (χ2v) is 8.00. The predicted molar refractivity (Wildman–Crippen MR) is 75.2 cm³/mol. The van der Waals surface area contributed by atoms with E-state index < -0.39 is 9.84 Å². The normalized spacial score (nSPS) is 34.1. The number of hydrogen-bond donors (Lipinski definition) is 2. The molecule has 1 aromatic rings. The van der Waals surface area contributed by atoms with Gasteiger partial charge in [0.05, 0.1) is 11.5 Å². The van der Waals surface area contributed by atoms with Crippen LogP contribution in [-0.2, 0) is 9.84 Å². The molecular weight excluding hydrogens is 260 g/mol. The highest BCUT2D eigenvalue weighted by molar-refractivity contribution is 7.91. The molecule has 0 aromatic heterocycles. The third kappa shape index (κ3) is 2.68. The molecule has 5 heteroatoms. The van der Waals surface area contributed by atoms with Crippen molar-refractivity contribution in [3.63, 3.8) is 0 Å². The van der Waals surface area contributed by atoms with Crippen molar-refractivity contribution in [2.45, 2.75) is 24.8 Å². The number of benzene rings is 1. The summed E-state index contributed by atoms with van der Waals surface area (Å²) < 4.78 is 23.2. The summed E-state index contributed by atoms with van der Waals surface area (Å²) in [6.07, 6.45) is 1.85. The molecule has 1 aromatic carbocycles. The summed E-state index contributed by atoms with van der Waals surface area (Å²) in [5.74, 6) is 7.47. The quantitative estimate of drug-likeness (QED) is 0.639. The van der Waals surface area contributed by atoms with E-state index >= 15 is 0 Å². The first kappa shape index (κ1) is 13.1. The predicted octanol–water partition coefficient (Wildman–Crippen LogP) is 1.06. The minimum absolute atomic E-state index is 0.127. The molecule has 0 spiro atoms. The zero-order valence-electron chi connectivity index (χ0n) is 10.8. The Morgan fingerprint density at radius 3 is 2.58 bits per heavy atom. The van der Waals surface area contributed by atoms with Gasteiger partial charge in [0.2, 0.25) is 0 Å². The van der Waals surface area contributed by atoms with Gasteiger partial charge in [0, 0.05) is 6.04 Å². The van der Waals surface area contributed by atoms with E-state index in [-0.39, 0.29) is 12.0 Å². The number of hydrazine groups is 1. The van der Waals surface area contributed by atoms with Gasteiger partial charge >= 0.3 is 0 Å². The SMILES string of the molecule is NNC(C1CCS(=O)(=O)C1)C1CC1c1ccccc1. The molecule has 4 unspecified atom stereocenters. The van der Waals surface area contributed by atoms with Gasteiger partial charge in [0.15, 0.2) is 9.84 Å². The fourth-order valence-electron chi connectivity index (χ4n) is 3.41. The van der Waals surface area contributed by atoms with Crippen LogP contribution in [0.15, 0.2) is 30.3 Å². The van der Waals surface area contributed by atoms with Gasteiger partial charge in [-0.2, -0.15) is 0 Å². The minimum atomic E-state index is -2.83. The van der Waals surface area contributed by atoms with Gasteiger partial charge in [-0.25, -0.2) is 8.42 Å². The highest BCUT2D eigenvalue weighted by Crippen LogP contribution is 2.51. The highest BCUT2D eigenvalue weighted by Gasteiger charge is 2.48. The lowest BCUT2D eigenvalue weighted by atomic mass is 9.93. The molecule has 1 saturated carbocycles. The summed E-state index contributed by atoms with van der Waals surface area (Å²) in [6.45, 7) is 0. The summed E-state index contributed by atoms with van der Waals surface area (Å²) in [5, 5.41) is 0. The number of rotatable bonds is 4. The summed E-state index contributed by atoms with van der Waals surface area (Å²) in [7, 11) is -2.83. The maximum atomic E-state index is 11.6. The van der Waals surface area contributed by atoms with Crippen molar-refractivity contribution in [2.75, 3.05) is 11.5 Å². The standard InChI is InChI=1S/C14H20N2O2S/c15-16-14(11-6-7-19(17,18)9-11)13-8-12(13)10-4-2-1-3-5-10/h1-5,11-14,16H,6-9,15H2. The van der Waals surface area contributed by atoms with Crippen LogP contribution in [0.1, 0.15) is 24.3 Å². The van der Waals surface area contributed by atoms with Crippen LogP contribution in [0.2, 0.25) is 0 Å². The molecular formula is C14H20N2O2S. The van der Waals surface area contributed by atoms with Crippen molar-refractivity contribution >= 4 is 9.84 Å². The van der Waals surface area contributed by atoms with Gasteiger partial charge in [0.25, 0.3) is 0 Å². The topological polar surface area (TPSA) is 72.2 Å². The summed E-state index contributed by atoms with van der Waals surface area (Å²) in [4.78, 5) is 0. The van der Waals surface area contributed by atoms with Crippen LogP contribution < -0.4 is 11.3 Å². The Bertz CT molecular complexity index is 544. The van der Waals surface area contributed by atoms with Crippen LogP contribution in [0.4, 0.5) is 0 Å². The van der Waals surface area contributed by atoms with E-state index in [1.807, 2.05) is 6.07 Å². The Labute approximate surface area is 114 Å². The Kier molecular flexibility index (Phi) is 3.37. The summed E-state index contributed by atoms with van der Waals surface area (Å²) in [6, 6.07) is 10.5. The van der Waals surface area contributed by atoms with E-state index in [0.29, 0.717) is 23.3 Å². The van der Waals surface area contributed by atoms with Crippen molar-refractivity contribution in [3.8, 4) is 0 Å². The van der Waals surface area contributed by atoms with E-state index in [4.69, 9.17) is 5.84 Å². The molecule has 0 bridgehead atoms. The maximum Gasteiger partial charge on any atom is 0.150 e. The van der Waals surface area contributed by atoms with Crippen LogP contribution >= 0.6 is 0 Å². The maximum absolute atomic E-state index is 11.6. The molecule has 1 heterocycles. The molecule has 0 amide bonds. The second-order valence-electron chi connectivity index (χ2n) is 5.77. The second kappa shape index (κ2) is 4.89. The third-order valence-electron chi connectivity index (χ3n) is 4.50. The van der Waals surface area contributed by atoms with E-state index in [2.05, 4.69) is 29.7 Å². The number of hydrogen-bond acceptors (Lipinski definition) is 4. The molecule has 1 aliphatic carbocycles. The van der Waals surface area contributed by atoms with Crippen molar-refractivity contribution in [1.82, 2.24) is 5.43 Å². The first-order valence-corrected chi connectivity index (χ1v) is 8.64. The Hall–Kier alpha value is -0.910. The molecule has 1 aliphatic heterocycles. The van der Waals surface area contributed by atoms with Gasteiger partial charge in [0.1, 0.15) is 0 Å². The summed E-state index contributed by atoms with van der Waals surface area (Å²) in [5.41, 5.74) is 4.22. The Balaban J connectivity index is 1.69. The van der Waals surface area contributed by atoms with Crippen molar-refractivity contribution in [1.29, 1.82) is 0 Å². The number of sulfone groups is 1. The van der Waals surface area contributed by atoms with E-state index in [1.165, 1.54) is 5.56 Å². The third-order valence-corrected chi connectivity index (χ3v) is 6.29. The van der Waals surface area contributed by atoms with Gasteiger partial charge < -0.3 is 0 Å². The lowest BCUT2D eigenvalue weighted by Gasteiger charge is -2.22. The van der Waals surface area contributed by atoms with Crippen LogP contribution in [0.5, 0.6) is 0 Å². The highest BCUT2D eigenvalue weighted by atomic mass is 32.2. The molecule has 3 rings (SSSR count). The largest absolute Gasteiger partial charge is 0.271 e. The molecule has 2 aliphatic rings.